The highest BCUT2D eigenvalue weighted by Crippen LogP contribution is 2.21. The summed E-state index contributed by atoms with van der Waals surface area (Å²) in [5, 5.41) is 9.65. The zero-order chi connectivity index (χ0) is 14.7. The predicted octanol–water partition coefficient (Wildman–Crippen LogP) is 2.63. The Kier molecular flexibility index (Phi) is 4.56. The number of benzene rings is 1. The SMILES string of the molecule is CCCN(Cc1nn(CC)c2ccccc12)C1CCNC1. The molecule has 0 saturated carbocycles. The van der Waals surface area contributed by atoms with Gasteiger partial charge in [-0.3, -0.25) is 9.58 Å². The molecule has 0 aliphatic carbocycles. The van der Waals surface area contributed by atoms with Gasteiger partial charge in [-0.25, -0.2) is 0 Å². The fraction of sp³-hybridized carbons (Fsp3) is 0.588. The summed E-state index contributed by atoms with van der Waals surface area (Å²) in [4.78, 5) is 2.61. The molecule has 1 unspecified atom stereocenters. The van der Waals surface area contributed by atoms with Crippen LogP contribution in [0.2, 0.25) is 0 Å². The van der Waals surface area contributed by atoms with Gasteiger partial charge in [-0.05, 0) is 38.9 Å². The van der Waals surface area contributed by atoms with Gasteiger partial charge in [0.25, 0.3) is 0 Å². The lowest BCUT2D eigenvalue weighted by molar-refractivity contribution is 0.197. The van der Waals surface area contributed by atoms with Crippen LogP contribution >= 0.6 is 0 Å². The van der Waals surface area contributed by atoms with Crippen molar-refractivity contribution in [2.24, 2.45) is 0 Å². The summed E-state index contributed by atoms with van der Waals surface area (Å²) in [6, 6.07) is 9.27. The Hall–Kier alpha value is -1.39. The highest BCUT2D eigenvalue weighted by Gasteiger charge is 2.23. The summed E-state index contributed by atoms with van der Waals surface area (Å²) in [6.07, 6.45) is 2.45. The Morgan fingerprint density at radius 1 is 1.33 bits per heavy atom. The van der Waals surface area contributed by atoms with E-state index in [0.29, 0.717) is 6.04 Å². The molecule has 1 aromatic carbocycles. The van der Waals surface area contributed by atoms with E-state index in [1.807, 2.05) is 0 Å². The number of nitrogens with one attached hydrogen (secondary N) is 1. The monoisotopic (exact) mass is 286 g/mol. The third-order valence-electron chi connectivity index (χ3n) is 4.45. The fourth-order valence-corrected chi connectivity index (χ4v) is 3.38. The topological polar surface area (TPSA) is 33.1 Å². The minimum Gasteiger partial charge on any atom is -0.315 e. The summed E-state index contributed by atoms with van der Waals surface area (Å²) in [5.74, 6) is 0. The first-order valence-corrected chi connectivity index (χ1v) is 8.22. The number of aromatic nitrogens is 2. The summed E-state index contributed by atoms with van der Waals surface area (Å²) >= 11 is 0. The van der Waals surface area contributed by atoms with Gasteiger partial charge < -0.3 is 5.32 Å². The second kappa shape index (κ2) is 6.58. The standard InChI is InChI=1S/C17H26N4/c1-3-11-20(14-9-10-18-12-14)13-16-15-7-5-6-8-17(15)21(4-2)19-16/h5-8,14,18H,3-4,9-13H2,1-2H3. The van der Waals surface area contributed by atoms with Crippen molar-refractivity contribution < 1.29 is 0 Å². The molecule has 1 N–H and O–H groups in total. The highest BCUT2D eigenvalue weighted by atomic mass is 15.3. The zero-order valence-corrected chi connectivity index (χ0v) is 13.2. The average Bonchev–Trinajstić information content (AvgIpc) is 3.15. The van der Waals surface area contributed by atoms with Crippen LogP contribution in [-0.4, -0.2) is 40.4 Å². The van der Waals surface area contributed by atoms with Crippen molar-refractivity contribution in [3.63, 3.8) is 0 Å². The third kappa shape index (κ3) is 2.97. The van der Waals surface area contributed by atoms with Crippen molar-refractivity contribution in [3.8, 4) is 0 Å². The lowest BCUT2D eigenvalue weighted by Crippen LogP contribution is -2.37. The van der Waals surface area contributed by atoms with E-state index in [0.717, 1.165) is 32.7 Å². The molecular formula is C17H26N4. The van der Waals surface area contributed by atoms with Gasteiger partial charge >= 0.3 is 0 Å². The average molecular weight is 286 g/mol. The van der Waals surface area contributed by atoms with Crippen LogP contribution in [0.4, 0.5) is 0 Å². The van der Waals surface area contributed by atoms with Crippen LogP contribution in [0.25, 0.3) is 10.9 Å². The molecule has 2 aromatic rings. The molecule has 0 spiro atoms. The summed E-state index contributed by atoms with van der Waals surface area (Å²) in [7, 11) is 0. The maximum absolute atomic E-state index is 4.86. The molecule has 3 rings (SSSR count). The molecule has 1 aromatic heterocycles. The predicted molar refractivity (Wildman–Crippen MR) is 87.4 cm³/mol. The Bertz CT molecular complexity index is 583. The van der Waals surface area contributed by atoms with E-state index in [2.05, 4.69) is 53.0 Å². The van der Waals surface area contributed by atoms with Gasteiger partial charge in [-0.15, -0.1) is 0 Å². The second-order valence-corrected chi connectivity index (χ2v) is 5.90. The number of fused-ring (bicyclic) bond motifs is 1. The summed E-state index contributed by atoms with van der Waals surface area (Å²) in [5.41, 5.74) is 2.49. The van der Waals surface area contributed by atoms with Gasteiger partial charge in [-0.2, -0.15) is 5.10 Å². The van der Waals surface area contributed by atoms with Gasteiger partial charge in [0.1, 0.15) is 0 Å². The maximum atomic E-state index is 4.86. The molecular weight excluding hydrogens is 260 g/mol. The van der Waals surface area contributed by atoms with Gasteiger partial charge in [0.2, 0.25) is 0 Å². The highest BCUT2D eigenvalue weighted by molar-refractivity contribution is 5.81. The molecule has 0 radical (unpaired) electrons. The van der Waals surface area contributed by atoms with Gasteiger partial charge in [0.15, 0.2) is 0 Å². The number of rotatable bonds is 6. The first-order valence-electron chi connectivity index (χ1n) is 8.22. The van der Waals surface area contributed by atoms with Crippen LogP contribution in [0.1, 0.15) is 32.4 Å². The molecule has 4 heteroatoms. The maximum Gasteiger partial charge on any atom is 0.0843 e. The molecule has 21 heavy (non-hydrogen) atoms. The van der Waals surface area contributed by atoms with Crippen LogP contribution in [0.15, 0.2) is 24.3 Å². The van der Waals surface area contributed by atoms with Crippen LogP contribution in [0.3, 0.4) is 0 Å². The van der Waals surface area contributed by atoms with Crippen LogP contribution in [-0.2, 0) is 13.1 Å². The van der Waals surface area contributed by atoms with E-state index in [9.17, 15) is 0 Å². The number of hydrogen-bond donors (Lipinski definition) is 1. The van der Waals surface area contributed by atoms with Gasteiger partial charge in [-0.1, -0.05) is 25.1 Å². The lowest BCUT2D eigenvalue weighted by Gasteiger charge is -2.27. The van der Waals surface area contributed by atoms with E-state index < -0.39 is 0 Å². The van der Waals surface area contributed by atoms with Gasteiger partial charge in [0, 0.05) is 31.1 Å². The van der Waals surface area contributed by atoms with Gasteiger partial charge in [0.05, 0.1) is 11.2 Å². The molecule has 1 saturated heterocycles. The van der Waals surface area contributed by atoms with Crippen molar-refractivity contribution in [2.75, 3.05) is 19.6 Å². The van der Waals surface area contributed by atoms with Crippen molar-refractivity contribution in [1.29, 1.82) is 0 Å². The lowest BCUT2D eigenvalue weighted by atomic mass is 10.1. The molecule has 1 fully saturated rings. The van der Waals surface area contributed by atoms with Crippen molar-refractivity contribution in [1.82, 2.24) is 20.0 Å². The molecule has 114 valence electrons. The molecule has 2 heterocycles. The minimum atomic E-state index is 0.662. The normalized spacial score (nSPS) is 18.9. The Morgan fingerprint density at radius 2 is 2.19 bits per heavy atom. The number of hydrogen-bond acceptors (Lipinski definition) is 3. The van der Waals surface area contributed by atoms with E-state index >= 15 is 0 Å². The Labute approximate surface area is 127 Å². The van der Waals surface area contributed by atoms with E-state index in [1.165, 1.54) is 29.4 Å². The van der Waals surface area contributed by atoms with Crippen LogP contribution in [0, 0.1) is 0 Å². The smallest absolute Gasteiger partial charge is 0.0843 e. The van der Waals surface area contributed by atoms with Crippen LogP contribution in [0.5, 0.6) is 0 Å². The number of aryl methyl sites for hydroxylation is 1. The number of nitrogens with zero attached hydrogens (tertiary/aromatic N) is 3. The van der Waals surface area contributed by atoms with Crippen molar-refractivity contribution in [2.45, 2.75) is 45.8 Å². The van der Waals surface area contributed by atoms with E-state index in [1.54, 1.807) is 0 Å². The first-order chi connectivity index (χ1) is 10.3. The summed E-state index contributed by atoms with van der Waals surface area (Å²) < 4.78 is 2.13. The summed E-state index contributed by atoms with van der Waals surface area (Å²) in [6.45, 7) is 9.74. The quantitative estimate of drug-likeness (QED) is 0.886. The molecule has 1 aliphatic rings. The molecule has 4 nitrogen and oxygen atoms in total. The Balaban J connectivity index is 1.88. The van der Waals surface area contributed by atoms with Crippen molar-refractivity contribution >= 4 is 10.9 Å². The first kappa shape index (κ1) is 14.5. The second-order valence-electron chi connectivity index (χ2n) is 5.90. The molecule has 0 bridgehead atoms. The van der Waals surface area contributed by atoms with Crippen LogP contribution < -0.4 is 5.32 Å². The largest absolute Gasteiger partial charge is 0.315 e. The fourth-order valence-electron chi connectivity index (χ4n) is 3.38. The molecule has 0 amide bonds. The third-order valence-corrected chi connectivity index (χ3v) is 4.45. The Morgan fingerprint density at radius 3 is 2.90 bits per heavy atom. The number of para-hydroxylation sites is 1. The molecule has 1 atom stereocenters. The van der Waals surface area contributed by atoms with Crippen molar-refractivity contribution in [3.05, 3.63) is 30.0 Å². The molecule has 1 aliphatic heterocycles. The van der Waals surface area contributed by atoms with E-state index in [4.69, 9.17) is 5.10 Å². The zero-order valence-electron chi connectivity index (χ0n) is 13.2. The minimum absolute atomic E-state index is 0.662. The van der Waals surface area contributed by atoms with E-state index in [-0.39, 0.29) is 0 Å².